The van der Waals surface area contributed by atoms with Crippen LogP contribution >= 0.6 is 0 Å². The van der Waals surface area contributed by atoms with Crippen LogP contribution in [0.1, 0.15) is 29.7 Å². The highest BCUT2D eigenvalue weighted by molar-refractivity contribution is 5.30. The van der Waals surface area contributed by atoms with Gasteiger partial charge in [-0.3, -0.25) is 14.3 Å². The zero-order valence-corrected chi connectivity index (χ0v) is 12.0. The van der Waals surface area contributed by atoms with Crippen LogP contribution in [-0.4, -0.2) is 16.2 Å². The molecule has 0 aliphatic carbocycles. The fourth-order valence-electron chi connectivity index (χ4n) is 2.75. The Kier molecular flexibility index (Phi) is 3.75. The second-order valence-electron chi connectivity index (χ2n) is 5.23. The van der Waals surface area contributed by atoms with Crippen LogP contribution in [0.25, 0.3) is 0 Å². The second-order valence-corrected chi connectivity index (χ2v) is 5.23. The Morgan fingerprint density at radius 1 is 1.33 bits per heavy atom. The Bertz CT molecular complexity index is 761. The maximum Gasteiger partial charge on any atom is 0.328 e. The van der Waals surface area contributed by atoms with Gasteiger partial charge in [0.05, 0.1) is 13.2 Å². The van der Waals surface area contributed by atoms with Gasteiger partial charge in [0.25, 0.3) is 5.56 Å². The lowest BCUT2D eigenvalue weighted by Crippen LogP contribution is -2.34. The van der Waals surface area contributed by atoms with Crippen molar-refractivity contribution in [1.29, 1.82) is 0 Å². The van der Waals surface area contributed by atoms with Crippen molar-refractivity contribution >= 4 is 0 Å². The van der Waals surface area contributed by atoms with Crippen LogP contribution < -0.4 is 11.2 Å². The Balaban J connectivity index is 1.95. The van der Waals surface area contributed by atoms with Gasteiger partial charge in [-0.15, -0.1) is 0 Å². The molecular formula is C16H18N2O3. The van der Waals surface area contributed by atoms with Gasteiger partial charge in [0.2, 0.25) is 0 Å². The summed E-state index contributed by atoms with van der Waals surface area (Å²) in [4.78, 5) is 25.9. The summed E-state index contributed by atoms with van der Waals surface area (Å²) in [5.41, 5.74) is 2.31. The predicted octanol–water partition coefficient (Wildman–Crippen LogP) is 1.41. The van der Waals surface area contributed by atoms with E-state index in [4.69, 9.17) is 4.74 Å². The predicted molar refractivity (Wildman–Crippen MR) is 79.5 cm³/mol. The van der Waals surface area contributed by atoms with Crippen LogP contribution in [-0.2, 0) is 24.1 Å². The molecule has 2 heterocycles. The van der Waals surface area contributed by atoms with Gasteiger partial charge in [0.1, 0.15) is 6.10 Å². The number of H-pyrrole nitrogens is 1. The minimum Gasteiger partial charge on any atom is -0.371 e. The van der Waals surface area contributed by atoms with Crippen molar-refractivity contribution in [2.24, 2.45) is 0 Å². The van der Waals surface area contributed by atoms with Crippen molar-refractivity contribution in [2.45, 2.75) is 32.4 Å². The average Bonchev–Trinajstić information content (AvgIpc) is 2.50. The summed E-state index contributed by atoms with van der Waals surface area (Å²) in [6.07, 6.45) is 2.98. The number of aromatic nitrogens is 2. The number of rotatable bonds is 3. The maximum absolute atomic E-state index is 11.9. The summed E-state index contributed by atoms with van der Waals surface area (Å²) in [5, 5.41) is 0. The number of hydrogen-bond donors (Lipinski definition) is 1. The van der Waals surface area contributed by atoms with Crippen molar-refractivity contribution in [2.75, 3.05) is 6.61 Å². The molecule has 2 aromatic rings. The Labute approximate surface area is 122 Å². The molecule has 5 heteroatoms. The van der Waals surface area contributed by atoms with Crippen LogP contribution in [0.2, 0.25) is 0 Å². The molecule has 3 rings (SSSR count). The molecule has 1 atom stereocenters. The fraction of sp³-hybridized carbons (Fsp3) is 0.375. The first-order chi connectivity index (χ1) is 10.2. The topological polar surface area (TPSA) is 64.1 Å². The third-order valence-electron chi connectivity index (χ3n) is 3.92. The number of nitrogens with zero attached hydrogens (tertiary/aromatic N) is 1. The van der Waals surface area contributed by atoms with Crippen molar-refractivity contribution in [3.8, 4) is 0 Å². The quantitative estimate of drug-likeness (QED) is 0.928. The molecule has 5 nitrogen and oxygen atoms in total. The van der Waals surface area contributed by atoms with Gasteiger partial charge in [-0.05, 0) is 24.0 Å². The summed E-state index contributed by atoms with van der Waals surface area (Å²) < 4.78 is 7.35. The minimum atomic E-state index is -0.385. The number of ether oxygens (including phenoxy) is 1. The van der Waals surface area contributed by atoms with Gasteiger partial charge in [-0.2, -0.15) is 0 Å². The molecule has 1 unspecified atom stereocenters. The molecule has 0 spiro atoms. The maximum atomic E-state index is 11.9. The molecule has 1 aromatic heterocycles. The van der Waals surface area contributed by atoms with Gasteiger partial charge >= 0.3 is 5.69 Å². The summed E-state index contributed by atoms with van der Waals surface area (Å²) in [5.74, 6) is 0. The lowest BCUT2D eigenvalue weighted by atomic mass is 9.97. The highest BCUT2D eigenvalue weighted by atomic mass is 16.5. The highest BCUT2D eigenvalue weighted by Gasteiger charge is 2.21. The number of aryl methyl sites for hydroxylation is 1. The third kappa shape index (κ3) is 2.69. The van der Waals surface area contributed by atoms with E-state index in [2.05, 4.69) is 11.1 Å². The van der Waals surface area contributed by atoms with E-state index in [-0.39, 0.29) is 17.4 Å². The highest BCUT2D eigenvalue weighted by Crippen LogP contribution is 2.27. The van der Waals surface area contributed by atoms with E-state index in [1.807, 2.05) is 25.1 Å². The van der Waals surface area contributed by atoms with Crippen LogP contribution in [0.3, 0.4) is 0 Å². The van der Waals surface area contributed by atoms with E-state index in [0.29, 0.717) is 25.1 Å². The van der Waals surface area contributed by atoms with E-state index in [9.17, 15) is 9.59 Å². The molecule has 0 saturated heterocycles. The van der Waals surface area contributed by atoms with Gasteiger partial charge in [-0.25, -0.2) is 4.79 Å². The molecule has 1 aliphatic rings. The number of benzene rings is 1. The zero-order valence-electron chi connectivity index (χ0n) is 12.0. The smallest absolute Gasteiger partial charge is 0.328 e. The first kappa shape index (κ1) is 13.8. The molecule has 1 aliphatic heterocycles. The molecule has 0 bridgehead atoms. The van der Waals surface area contributed by atoms with E-state index < -0.39 is 0 Å². The first-order valence-electron chi connectivity index (χ1n) is 7.21. The molecule has 0 saturated carbocycles. The molecule has 0 amide bonds. The van der Waals surface area contributed by atoms with Crippen LogP contribution in [0.4, 0.5) is 0 Å². The standard InChI is InChI=1S/C16H18N2O3/c1-2-11-9-18(16(20)17-15(11)19)10-14-13-6-4-3-5-12(13)7-8-21-14/h3-6,9,14H,2,7-8,10H2,1H3,(H,17,19,20). The molecule has 21 heavy (non-hydrogen) atoms. The lowest BCUT2D eigenvalue weighted by Gasteiger charge is -2.26. The third-order valence-corrected chi connectivity index (χ3v) is 3.92. The average molecular weight is 286 g/mol. The normalized spacial score (nSPS) is 17.5. The molecule has 0 radical (unpaired) electrons. The summed E-state index contributed by atoms with van der Waals surface area (Å²) >= 11 is 0. The number of hydrogen-bond acceptors (Lipinski definition) is 3. The fourth-order valence-corrected chi connectivity index (χ4v) is 2.75. The van der Waals surface area contributed by atoms with Crippen LogP contribution in [0.15, 0.2) is 40.1 Å². The Morgan fingerprint density at radius 2 is 2.14 bits per heavy atom. The van der Waals surface area contributed by atoms with Gasteiger partial charge in [0.15, 0.2) is 0 Å². The first-order valence-corrected chi connectivity index (χ1v) is 7.21. The van der Waals surface area contributed by atoms with E-state index >= 15 is 0 Å². The SMILES string of the molecule is CCc1cn(CC2OCCc3ccccc32)c(=O)[nH]c1=O. The monoisotopic (exact) mass is 286 g/mol. The summed E-state index contributed by atoms with van der Waals surface area (Å²) in [6, 6.07) is 8.13. The summed E-state index contributed by atoms with van der Waals surface area (Å²) in [6.45, 7) is 2.96. The molecule has 1 N–H and O–H groups in total. The minimum absolute atomic E-state index is 0.150. The number of fused-ring (bicyclic) bond motifs is 1. The van der Waals surface area contributed by atoms with Crippen molar-refractivity contribution in [3.05, 3.63) is 68.0 Å². The molecule has 1 aromatic carbocycles. The van der Waals surface area contributed by atoms with Crippen LogP contribution in [0, 0.1) is 0 Å². The zero-order chi connectivity index (χ0) is 14.8. The number of aromatic amines is 1. The van der Waals surface area contributed by atoms with Crippen molar-refractivity contribution in [3.63, 3.8) is 0 Å². The largest absolute Gasteiger partial charge is 0.371 e. The Morgan fingerprint density at radius 3 is 2.95 bits per heavy atom. The molecule has 0 fully saturated rings. The van der Waals surface area contributed by atoms with Gasteiger partial charge in [0, 0.05) is 11.8 Å². The van der Waals surface area contributed by atoms with Gasteiger partial charge < -0.3 is 4.74 Å². The second kappa shape index (κ2) is 5.69. The Hall–Kier alpha value is -2.14. The van der Waals surface area contributed by atoms with E-state index in [1.165, 1.54) is 10.1 Å². The van der Waals surface area contributed by atoms with Crippen LogP contribution in [0.5, 0.6) is 0 Å². The number of nitrogens with one attached hydrogen (secondary N) is 1. The van der Waals surface area contributed by atoms with E-state index in [0.717, 1.165) is 12.0 Å². The molecule has 110 valence electrons. The van der Waals surface area contributed by atoms with Crippen molar-refractivity contribution in [1.82, 2.24) is 9.55 Å². The van der Waals surface area contributed by atoms with Crippen molar-refractivity contribution < 1.29 is 4.74 Å². The summed E-state index contributed by atoms with van der Waals surface area (Å²) in [7, 11) is 0. The lowest BCUT2D eigenvalue weighted by molar-refractivity contribution is 0.0296. The molecular weight excluding hydrogens is 268 g/mol. The van der Waals surface area contributed by atoms with E-state index in [1.54, 1.807) is 6.20 Å². The van der Waals surface area contributed by atoms with Gasteiger partial charge in [-0.1, -0.05) is 31.2 Å².